The van der Waals surface area contributed by atoms with Gasteiger partial charge in [0.2, 0.25) is 5.91 Å². The summed E-state index contributed by atoms with van der Waals surface area (Å²) in [6, 6.07) is 1.02. The van der Waals surface area contributed by atoms with Crippen molar-refractivity contribution in [1.29, 1.82) is 0 Å². The van der Waals surface area contributed by atoms with E-state index in [9.17, 15) is 4.79 Å². The quantitative estimate of drug-likeness (QED) is 0.658. The summed E-state index contributed by atoms with van der Waals surface area (Å²) in [7, 11) is 0. The molecule has 1 amide bonds. The molecule has 0 saturated carbocycles. The van der Waals surface area contributed by atoms with Crippen LogP contribution in [0.1, 0.15) is 27.2 Å². The van der Waals surface area contributed by atoms with Gasteiger partial charge in [0.1, 0.15) is 0 Å². The molecule has 12 heavy (non-hydrogen) atoms. The predicted molar refractivity (Wildman–Crippen MR) is 48.9 cm³/mol. The highest BCUT2D eigenvalue weighted by atomic mass is 16.2. The lowest BCUT2D eigenvalue weighted by Crippen LogP contribution is -2.37. The summed E-state index contributed by atoms with van der Waals surface area (Å²) >= 11 is 0. The lowest BCUT2D eigenvalue weighted by atomic mass is 10.2. The van der Waals surface area contributed by atoms with Crippen LogP contribution in [-0.4, -0.2) is 36.0 Å². The lowest BCUT2D eigenvalue weighted by molar-refractivity contribution is -0.127. The maximum Gasteiger partial charge on any atom is 0.219 e. The summed E-state index contributed by atoms with van der Waals surface area (Å²) in [5, 5.41) is 3.43. The molecule has 0 aromatic heterocycles. The average molecular weight is 170 g/mol. The number of nitrogens with zero attached hydrogens (tertiary/aromatic N) is 1. The maximum absolute atomic E-state index is 11.0. The summed E-state index contributed by atoms with van der Waals surface area (Å²) in [6.07, 6.45) is 1.10. The molecule has 1 saturated heterocycles. The first-order valence-corrected chi connectivity index (χ1v) is 4.61. The largest absolute Gasteiger partial charge is 0.341 e. The number of amides is 1. The van der Waals surface area contributed by atoms with E-state index < -0.39 is 0 Å². The molecular weight excluding hydrogens is 152 g/mol. The van der Waals surface area contributed by atoms with Crippen LogP contribution in [0.4, 0.5) is 0 Å². The molecule has 1 atom stereocenters. The Morgan fingerprint density at radius 2 is 2.25 bits per heavy atom. The topological polar surface area (TPSA) is 32.3 Å². The summed E-state index contributed by atoms with van der Waals surface area (Å²) in [6.45, 7) is 7.71. The van der Waals surface area contributed by atoms with E-state index >= 15 is 0 Å². The average Bonchev–Trinajstić information content (AvgIpc) is 2.34. The summed E-state index contributed by atoms with van der Waals surface area (Å²) in [5.41, 5.74) is 0. The van der Waals surface area contributed by atoms with Gasteiger partial charge in [-0.15, -0.1) is 0 Å². The van der Waals surface area contributed by atoms with Gasteiger partial charge >= 0.3 is 0 Å². The molecule has 1 N–H and O–H groups in total. The number of hydrogen-bond donors (Lipinski definition) is 1. The molecule has 1 unspecified atom stereocenters. The van der Waals surface area contributed by atoms with Crippen molar-refractivity contribution >= 4 is 5.91 Å². The SMILES string of the molecule is CC(=O)N1CCC(NC(C)C)C1. The van der Waals surface area contributed by atoms with Gasteiger partial charge in [0.25, 0.3) is 0 Å². The molecule has 0 bridgehead atoms. The van der Waals surface area contributed by atoms with Crippen molar-refractivity contribution < 1.29 is 4.79 Å². The molecule has 0 aromatic carbocycles. The van der Waals surface area contributed by atoms with Crippen molar-refractivity contribution in [1.82, 2.24) is 10.2 Å². The van der Waals surface area contributed by atoms with Gasteiger partial charge in [0, 0.05) is 32.1 Å². The second-order valence-corrected chi connectivity index (χ2v) is 3.77. The minimum atomic E-state index is 0.197. The molecule has 1 heterocycles. The van der Waals surface area contributed by atoms with E-state index in [-0.39, 0.29) is 5.91 Å². The molecule has 1 aliphatic rings. The van der Waals surface area contributed by atoms with Crippen LogP contribution in [0.5, 0.6) is 0 Å². The van der Waals surface area contributed by atoms with E-state index in [4.69, 9.17) is 0 Å². The first-order chi connectivity index (χ1) is 5.59. The molecule has 0 radical (unpaired) electrons. The number of hydrogen-bond acceptors (Lipinski definition) is 2. The fraction of sp³-hybridized carbons (Fsp3) is 0.889. The third-order valence-corrected chi connectivity index (χ3v) is 2.20. The third kappa shape index (κ3) is 2.48. The standard InChI is InChI=1S/C9H18N2O/c1-7(2)10-9-4-5-11(6-9)8(3)12/h7,9-10H,4-6H2,1-3H3. The van der Waals surface area contributed by atoms with Crippen LogP contribution < -0.4 is 5.32 Å². The Kier molecular flexibility index (Phi) is 3.09. The van der Waals surface area contributed by atoms with Gasteiger partial charge in [0.05, 0.1) is 0 Å². The summed E-state index contributed by atoms with van der Waals surface area (Å²) in [5.74, 6) is 0.197. The Hall–Kier alpha value is -0.570. The Morgan fingerprint density at radius 1 is 1.58 bits per heavy atom. The maximum atomic E-state index is 11.0. The van der Waals surface area contributed by atoms with E-state index in [2.05, 4.69) is 19.2 Å². The molecule has 0 aromatic rings. The van der Waals surface area contributed by atoms with Gasteiger partial charge in [-0.05, 0) is 6.42 Å². The van der Waals surface area contributed by atoms with Crippen molar-refractivity contribution in [2.24, 2.45) is 0 Å². The number of carbonyl (C=O) groups excluding carboxylic acids is 1. The minimum Gasteiger partial charge on any atom is -0.341 e. The Bertz CT molecular complexity index is 168. The van der Waals surface area contributed by atoms with Crippen LogP contribution >= 0.6 is 0 Å². The van der Waals surface area contributed by atoms with Crippen LogP contribution in [-0.2, 0) is 4.79 Å². The van der Waals surface area contributed by atoms with Crippen molar-refractivity contribution in [2.75, 3.05) is 13.1 Å². The highest BCUT2D eigenvalue weighted by Crippen LogP contribution is 2.09. The molecule has 1 fully saturated rings. The second-order valence-electron chi connectivity index (χ2n) is 3.77. The molecular formula is C9H18N2O. The number of nitrogens with one attached hydrogen (secondary N) is 1. The van der Waals surface area contributed by atoms with Gasteiger partial charge in [-0.3, -0.25) is 4.79 Å². The molecule has 70 valence electrons. The van der Waals surface area contributed by atoms with E-state index in [1.165, 1.54) is 0 Å². The van der Waals surface area contributed by atoms with Gasteiger partial charge in [-0.25, -0.2) is 0 Å². The highest BCUT2D eigenvalue weighted by molar-refractivity contribution is 5.73. The van der Waals surface area contributed by atoms with Gasteiger partial charge in [0.15, 0.2) is 0 Å². The summed E-state index contributed by atoms with van der Waals surface area (Å²) in [4.78, 5) is 12.9. The van der Waals surface area contributed by atoms with Gasteiger partial charge in [-0.2, -0.15) is 0 Å². The zero-order valence-corrected chi connectivity index (χ0v) is 8.13. The lowest BCUT2D eigenvalue weighted by Gasteiger charge is -2.16. The Balaban J connectivity index is 2.30. The van der Waals surface area contributed by atoms with Crippen molar-refractivity contribution in [2.45, 2.75) is 39.3 Å². The van der Waals surface area contributed by atoms with E-state index in [1.54, 1.807) is 6.92 Å². The fourth-order valence-corrected chi connectivity index (χ4v) is 1.65. The molecule has 0 spiro atoms. The van der Waals surface area contributed by atoms with Crippen molar-refractivity contribution in [3.8, 4) is 0 Å². The zero-order chi connectivity index (χ0) is 9.14. The van der Waals surface area contributed by atoms with E-state index in [0.717, 1.165) is 19.5 Å². The second kappa shape index (κ2) is 3.90. The van der Waals surface area contributed by atoms with Crippen LogP contribution in [0.2, 0.25) is 0 Å². The van der Waals surface area contributed by atoms with Crippen molar-refractivity contribution in [3.63, 3.8) is 0 Å². The Labute approximate surface area is 74.1 Å². The monoisotopic (exact) mass is 170 g/mol. The zero-order valence-electron chi connectivity index (χ0n) is 8.13. The minimum absolute atomic E-state index is 0.197. The molecule has 3 heteroatoms. The normalized spacial score (nSPS) is 23.7. The van der Waals surface area contributed by atoms with Gasteiger partial charge in [-0.1, -0.05) is 13.8 Å². The van der Waals surface area contributed by atoms with Crippen LogP contribution in [0.25, 0.3) is 0 Å². The smallest absolute Gasteiger partial charge is 0.219 e. The van der Waals surface area contributed by atoms with E-state index in [1.807, 2.05) is 4.90 Å². The van der Waals surface area contributed by atoms with Crippen LogP contribution in [0.3, 0.4) is 0 Å². The fourth-order valence-electron chi connectivity index (χ4n) is 1.65. The number of carbonyl (C=O) groups is 1. The van der Waals surface area contributed by atoms with E-state index in [0.29, 0.717) is 12.1 Å². The van der Waals surface area contributed by atoms with Crippen LogP contribution in [0.15, 0.2) is 0 Å². The predicted octanol–water partition coefficient (Wildman–Crippen LogP) is 0.605. The third-order valence-electron chi connectivity index (χ3n) is 2.20. The van der Waals surface area contributed by atoms with Crippen LogP contribution in [0, 0.1) is 0 Å². The summed E-state index contributed by atoms with van der Waals surface area (Å²) < 4.78 is 0. The molecule has 1 aliphatic heterocycles. The molecule has 1 rings (SSSR count). The number of likely N-dealkylation sites (tertiary alicyclic amines) is 1. The highest BCUT2D eigenvalue weighted by Gasteiger charge is 2.23. The number of rotatable bonds is 2. The Morgan fingerprint density at radius 3 is 2.67 bits per heavy atom. The van der Waals surface area contributed by atoms with Gasteiger partial charge < -0.3 is 10.2 Å². The first kappa shape index (κ1) is 9.52. The molecule has 0 aliphatic carbocycles. The first-order valence-electron chi connectivity index (χ1n) is 4.61. The van der Waals surface area contributed by atoms with Crippen molar-refractivity contribution in [3.05, 3.63) is 0 Å². The molecule has 3 nitrogen and oxygen atoms in total.